The zero-order valence-electron chi connectivity index (χ0n) is 9.91. The number of methoxy groups -OCH3 is 1. The number of aliphatic hydroxyl groups is 1. The van der Waals surface area contributed by atoms with Crippen LogP contribution in [0.5, 0.6) is 5.75 Å². The minimum Gasteiger partial charge on any atom is -0.496 e. The minimum atomic E-state index is -0.774. The molecule has 5 heteroatoms. The van der Waals surface area contributed by atoms with E-state index >= 15 is 0 Å². The number of hydrogen-bond donors (Lipinski definition) is 1. The van der Waals surface area contributed by atoms with Crippen molar-refractivity contribution in [3.05, 3.63) is 49.1 Å². The molecule has 18 heavy (non-hydrogen) atoms. The van der Waals surface area contributed by atoms with Gasteiger partial charge in [-0.05, 0) is 36.1 Å². The summed E-state index contributed by atoms with van der Waals surface area (Å²) >= 11 is 11.0. The highest BCUT2D eigenvalue weighted by Gasteiger charge is 2.21. The van der Waals surface area contributed by atoms with Gasteiger partial charge in [0.1, 0.15) is 11.9 Å². The maximum absolute atomic E-state index is 10.4. The van der Waals surface area contributed by atoms with Crippen LogP contribution >= 0.6 is 38.9 Å². The smallest absolute Gasteiger partial charge is 0.125 e. The van der Waals surface area contributed by atoms with Crippen molar-refractivity contribution < 1.29 is 9.84 Å². The van der Waals surface area contributed by atoms with Gasteiger partial charge in [-0.3, -0.25) is 0 Å². The number of aliphatic hydroxyl groups excluding tert-OH is 1. The van der Waals surface area contributed by atoms with Gasteiger partial charge in [0, 0.05) is 10.0 Å². The number of ether oxygens (including phenoxy) is 1. The highest BCUT2D eigenvalue weighted by atomic mass is 79.9. The van der Waals surface area contributed by atoms with Crippen LogP contribution in [0.4, 0.5) is 0 Å². The molecule has 2 rings (SSSR count). The minimum absolute atomic E-state index is 0.620. The predicted octanol–water partition coefficient (Wildman–Crippen LogP) is 4.56. The molecular weight excluding hydrogens is 336 g/mol. The second-order valence-corrected chi connectivity index (χ2v) is 6.09. The SMILES string of the molecule is COc1ccc(Br)cc1C(O)c1scc(C)c1Cl. The topological polar surface area (TPSA) is 29.5 Å². The molecule has 0 aliphatic rings. The Morgan fingerprint density at radius 3 is 2.72 bits per heavy atom. The maximum atomic E-state index is 10.4. The molecule has 1 unspecified atom stereocenters. The summed E-state index contributed by atoms with van der Waals surface area (Å²) in [6.45, 7) is 1.92. The molecule has 2 aromatic rings. The van der Waals surface area contributed by atoms with E-state index in [1.807, 2.05) is 30.5 Å². The fraction of sp³-hybridized carbons (Fsp3) is 0.231. The number of hydrogen-bond acceptors (Lipinski definition) is 3. The monoisotopic (exact) mass is 346 g/mol. The number of aryl methyl sites for hydroxylation is 1. The zero-order valence-corrected chi connectivity index (χ0v) is 13.1. The molecule has 1 aromatic heterocycles. The van der Waals surface area contributed by atoms with Gasteiger partial charge in [-0.1, -0.05) is 27.5 Å². The standard InChI is InChI=1S/C13H12BrClO2S/c1-7-6-18-13(11(7)15)12(16)9-5-8(14)3-4-10(9)17-2/h3-6,12,16H,1-2H3. The molecule has 2 nitrogen and oxygen atoms in total. The molecule has 0 bridgehead atoms. The van der Waals surface area contributed by atoms with Crippen molar-refractivity contribution in [1.82, 2.24) is 0 Å². The Kier molecular flexibility index (Phi) is 4.33. The molecule has 0 saturated heterocycles. The Morgan fingerprint density at radius 1 is 1.44 bits per heavy atom. The van der Waals surface area contributed by atoms with Crippen LogP contribution in [0.1, 0.15) is 22.1 Å². The summed E-state index contributed by atoms with van der Waals surface area (Å²) in [5, 5.41) is 13.0. The van der Waals surface area contributed by atoms with Crippen LogP contribution in [0.2, 0.25) is 5.02 Å². The Balaban J connectivity index is 2.48. The normalized spacial score (nSPS) is 12.5. The third kappa shape index (κ3) is 2.57. The van der Waals surface area contributed by atoms with Gasteiger partial charge < -0.3 is 9.84 Å². The van der Waals surface area contributed by atoms with Crippen molar-refractivity contribution in [2.45, 2.75) is 13.0 Å². The summed E-state index contributed by atoms with van der Waals surface area (Å²) in [6.07, 6.45) is -0.774. The van der Waals surface area contributed by atoms with Gasteiger partial charge in [0.15, 0.2) is 0 Å². The lowest BCUT2D eigenvalue weighted by molar-refractivity contribution is 0.218. The summed E-state index contributed by atoms with van der Waals surface area (Å²) in [5.41, 5.74) is 1.68. The maximum Gasteiger partial charge on any atom is 0.125 e. The van der Waals surface area contributed by atoms with Gasteiger partial charge in [0.25, 0.3) is 0 Å². The first-order valence-corrected chi connectivity index (χ1v) is 7.34. The van der Waals surface area contributed by atoms with Gasteiger partial charge in [0.05, 0.1) is 17.0 Å². The molecule has 0 saturated carbocycles. The number of thiophene rings is 1. The first-order chi connectivity index (χ1) is 8.54. The highest BCUT2D eigenvalue weighted by molar-refractivity contribution is 9.10. The lowest BCUT2D eigenvalue weighted by atomic mass is 10.1. The van der Waals surface area contributed by atoms with Crippen molar-refractivity contribution in [2.75, 3.05) is 7.11 Å². The van der Waals surface area contributed by atoms with E-state index in [0.717, 1.165) is 14.9 Å². The van der Waals surface area contributed by atoms with Gasteiger partial charge in [-0.15, -0.1) is 11.3 Å². The molecule has 0 fully saturated rings. The van der Waals surface area contributed by atoms with E-state index in [1.165, 1.54) is 11.3 Å². The fourth-order valence-corrected chi connectivity index (χ4v) is 3.37. The summed E-state index contributed by atoms with van der Waals surface area (Å²) in [5.74, 6) is 0.646. The second-order valence-electron chi connectivity index (χ2n) is 3.89. The molecule has 96 valence electrons. The second kappa shape index (κ2) is 5.61. The van der Waals surface area contributed by atoms with Crippen molar-refractivity contribution in [1.29, 1.82) is 0 Å². The van der Waals surface area contributed by atoms with Gasteiger partial charge in [-0.25, -0.2) is 0 Å². The van der Waals surface area contributed by atoms with Gasteiger partial charge in [0.2, 0.25) is 0 Å². The van der Waals surface area contributed by atoms with Crippen LogP contribution in [0, 0.1) is 6.92 Å². The van der Waals surface area contributed by atoms with Crippen molar-refractivity contribution in [2.24, 2.45) is 0 Å². The van der Waals surface area contributed by atoms with Gasteiger partial charge >= 0.3 is 0 Å². The third-order valence-electron chi connectivity index (χ3n) is 2.66. The van der Waals surface area contributed by atoms with E-state index in [-0.39, 0.29) is 0 Å². The Labute approximate surface area is 123 Å². The summed E-state index contributed by atoms with van der Waals surface area (Å²) in [6, 6.07) is 5.53. The van der Waals surface area contributed by atoms with Crippen LogP contribution in [0.15, 0.2) is 28.1 Å². The number of rotatable bonds is 3. The zero-order chi connectivity index (χ0) is 13.3. The van der Waals surface area contributed by atoms with E-state index in [4.69, 9.17) is 16.3 Å². The Bertz CT molecular complexity index is 568. The molecule has 0 aliphatic carbocycles. The lowest BCUT2D eigenvalue weighted by Gasteiger charge is -2.14. The molecule has 1 heterocycles. The van der Waals surface area contributed by atoms with Crippen LogP contribution < -0.4 is 4.74 Å². The lowest BCUT2D eigenvalue weighted by Crippen LogP contribution is -2.01. The molecule has 0 spiro atoms. The van der Waals surface area contributed by atoms with Crippen molar-refractivity contribution in [3.8, 4) is 5.75 Å². The molecule has 1 aromatic carbocycles. The van der Waals surface area contributed by atoms with E-state index < -0.39 is 6.10 Å². The quantitative estimate of drug-likeness (QED) is 0.882. The highest BCUT2D eigenvalue weighted by Crippen LogP contribution is 2.39. The van der Waals surface area contributed by atoms with E-state index in [0.29, 0.717) is 16.3 Å². The van der Waals surface area contributed by atoms with Crippen LogP contribution in [-0.2, 0) is 0 Å². The predicted molar refractivity (Wildman–Crippen MR) is 78.8 cm³/mol. The molecule has 1 atom stereocenters. The summed E-state index contributed by atoms with van der Waals surface area (Å²) in [7, 11) is 1.58. The van der Waals surface area contributed by atoms with Crippen molar-refractivity contribution >= 4 is 38.9 Å². The Hall–Kier alpha value is -0.550. The number of halogens is 2. The third-order valence-corrected chi connectivity index (χ3v) is 4.92. The molecule has 0 aliphatic heterocycles. The molecule has 1 N–H and O–H groups in total. The fourth-order valence-electron chi connectivity index (χ4n) is 1.69. The summed E-state index contributed by atoms with van der Waals surface area (Å²) < 4.78 is 6.16. The van der Waals surface area contributed by atoms with Crippen LogP contribution in [-0.4, -0.2) is 12.2 Å². The average molecular weight is 348 g/mol. The van der Waals surface area contributed by atoms with E-state index in [1.54, 1.807) is 7.11 Å². The molecule has 0 radical (unpaired) electrons. The van der Waals surface area contributed by atoms with Crippen LogP contribution in [0.3, 0.4) is 0 Å². The largest absolute Gasteiger partial charge is 0.496 e. The van der Waals surface area contributed by atoms with Crippen molar-refractivity contribution in [3.63, 3.8) is 0 Å². The van der Waals surface area contributed by atoms with Crippen LogP contribution in [0.25, 0.3) is 0 Å². The van der Waals surface area contributed by atoms with E-state index in [2.05, 4.69) is 15.9 Å². The van der Waals surface area contributed by atoms with E-state index in [9.17, 15) is 5.11 Å². The molecular formula is C13H12BrClO2S. The summed E-state index contributed by atoms with van der Waals surface area (Å²) in [4.78, 5) is 0.741. The first-order valence-electron chi connectivity index (χ1n) is 5.29. The van der Waals surface area contributed by atoms with Gasteiger partial charge in [-0.2, -0.15) is 0 Å². The number of benzene rings is 1. The average Bonchev–Trinajstić information content (AvgIpc) is 2.69. The first kappa shape index (κ1) is 13.9. The Morgan fingerprint density at radius 2 is 2.17 bits per heavy atom. The molecule has 0 amide bonds.